The number of carbonyl (C=O) groups is 1. The van der Waals surface area contributed by atoms with E-state index in [9.17, 15) is 18.0 Å². The number of nitrogens with two attached hydrogens (primary N) is 1. The number of hydrogen-bond donors (Lipinski definition) is 2. The van der Waals surface area contributed by atoms with Gasteiger partial charge in [0.05, 0.1) is 7.11 Å². The third-order valence-electron chi connectivity index (χ3n) is 3.79. The lowest BCUT2D eigenvalue weighted by Crippen LogP contribution is -2.23. The molecule has 0 fully saturated rings. The van der Waals surface area contributed by atoms with Gasteiger partial charge in [0.1, 0.15) is 0 Å². The summed E-state index contributed by atoms with van der Waals surface area (Å²) in [5.74, 6) is 0.00197. The minimum absolute atomic E-state index is 0. The minimum Gasteiger partial charge on any atom is -0.493 e. The van der Waals surface area contributed by atoms with E-state index in [1.54, 1.807) is 12.1 Å². The van der Waals surface area contributed by atoms with Gasteiger partial charge in [0.25, 0.3) is 0 Å². The van der Waals surface area contributed by atoms with Crippen molar-refractivity contribution in [3.63, 3.8) is 0 Å². The summed E-state index contributed by atoms with van der Waals surface area (Å²) in [5, 5.41) is 2.76. The number of halogens is 4. The van der Waals surface area contributed by atoms with Gasteiger partial charge in [-0.2, -0.15) is 13.2 Å². The van der Waals surface area contributed by atoms with Gasteiger partial charge in [-0.05, 0) is 35.7 Å². The molecular formula is C19H22ClF3N2O3. The van der Waals surface area contributed by atoms with Gasteiger partial charge in [-0.25, -0.2) is 0 Å². The second-order valence-corrected chi connectivity index (χ2v) is 5.86. The van der Waals surface area contributed by atoms with Crippen LogP contribution in [0, 0.1) is 0 Å². The number of aryl methyl sites for hydroxylation is 1. The standard InChI is InChI=1S/C19H21F3N2O3.ClH/c1-26-17-10-13(6-8-16(17)27-12-19(20,21)22)11-24-18(25)9-7-14-4-2-3-5-15(14)23;/h2-6,8,10H,7,9,11-12,23H2,1H3,(H,24,25);1H. The smallest absolute Gasteiger partial charge is 0.422 e. The number of anilines is 1. The number of hydrogen-bond acceptors (Lipinski definition) is 4. The Balaban J connectivity index is 0.00000392. The minimum atomic E-state index is -4.43. The Kier molecular flexibility index (Phi) is 8.91. The molecule has 0 bridgehead atoms. The van der Waals surface area contributed by atoms with Crippen molar-refractivity contribution in [2.75, 3.05) is 19.5 Å². The van der Waals surface area contributed by atoms with E-state index in [4.69, 9.17) is 15.2 Å². The normalized spacial score (nSPS) is 10.7. The summed E-state index contributed by atoms with van der Waals surface area (Å²) < 4.78 is 46.6. The van der Waals surface area contributed by atoms with Gasteiger partial charge in [0.15, 0.2) is 18.1 Å². The molecule has 0 radical (unpaired) electrons. The summed E-state index contributed by atoms with van der Waals surface area (Å²) >= 11 is 0. The molecule has 2 aromatic rings. The molecule has 154 valence electrons. The molecule has 1 amide bonds. The van der Waals surface area contributed by atoms with Gasteiger partial charge in [-0.3, -0.25) is 4.79 Å². The summed E-state index contributed by atoms with van der Waals surface area (Å²) in [4.78, 5) is 12.0. The maximum absolute atomic E-state index is 12.3. The van der Waals surface area contributed by atoms with Crippen LogP contribution in [0.3, 0.4) is 0 Å². The fourth-order valence-electron chi connectivity index (χ4n) is 2.40. The summed E-state index contributed by atoms with van der Waals surface area (Å²) in [6.07, 6.45) is -3.63. The van der Waals surface area contributed by atoms with Crippen LogP contribution < -0.4 is 20.5 Å². The Labute approximate surface area is 167 Å². The van der Waals surface area contributed by atoms with E-state index < -0.39 is 12.8 Å². The lowest BCUT2D eigenvalue weighted by molar-refractivity contribution is -0.153. The van der Waals surface area contributed by atoms with Gasteiger partial charge in [0, 0.05) is 18.7 Å². The topological polar surface area (TPSA) is 73.6 Å². The molecule has 0 aliphatic carbocycles. The van der Waals surface area contributed by atoms with Crippen molar-refractivity contribution in [1.82, 2.24) is 5.32 Å². The fourth-order valence-corrected chi connectivity index (χ4v) is 2.40. The summed E-state index contributed by atoms with van der Waals surface area (Å²) in [7, 11) is 1.34. The van der Waals surface area contributed by atoms with Crippen molar-refractivity contribution < 1.29 is 27.4 Å². The fraction of sp³-hybridized carbons (Fsp3) is 0.316. The van der Waals surface area contributed by atoms with Crippen molar-refractivity contribution >= 4 is 24.0 Å². The quantitative estimate of drug-likeness (QED) is 0.638. The number of methoxy groups -OCH3 is 1. The van der Waals surface area contributed by atoms with Gasteiger partial charge in [-0.15, -0.1) is 12.4 Å². The zero-order valence-electron chi connectivity index (χ0n) is 15.2. The SMILES string of the molecule is COc1cc(CNC(=O)CCc2ccccc2N)ccc1OCC(F)(F)F.Cl. The van der Waals surface area contributed by atoms with Crippen LogP contribution in [0.5, 0.6) is 11.5 Å². The number of alkyl halides is 3. The van der Waals surface area contributed by atoms with Crippen molar-refractivity contribution in [3.8, 4) is 11.5 Å². The summed E-state index contributed by atoms with van der Waals surface area (Å²) in [6, 6.07) is 11.8. The van der Waals surface area contributed by atoms with Gasteiger partial charge >= 0.3 is 6.18 Å². The molecule has 2 rings (SSSR count). The first-order chi connectivity index (χ1) is 12.8. The molecule has 9 heteroatoms. The van der Waals surface area contributed by atoms with Crippen LogP contribution in [0.15, 0.2) is 42.5 Å². The highest BCUT2D eigenvalue weighted by Gasteiger charge is 2.29. The van der Waals surface area contributed by atoms with E-state index >= 15 is 0 Å². The molecular weight excluding hydrogens is 397 g/mol. The molecule has 0 unspecified atom stereocenters. The Morgan fingerprint density at radius 3 is 2.50 bits per heavy atom. The van der Waals surface area contributed by atoms with Gasteiger partial charge in [-0.1, -0.05) is 24.3 Å². The third-order valence-corrected chi connectivity index (χ3v) is 3.79. The van der Waals surface area contributed by atoms with Crippen LogP contribution in [0.2, 0.25) is 0 Å². The number of para-hydroxylation sites is 1. The number of benzene rings is 2. The van der Waals surface area contributed by atoms with Crippen LogP contribution in [0.4, 0.5) is 18.9 Å². The number of nitrogen functional groups attached to an aromatic ring is 1. The van der Waals surface area contributed by atoms with Crippen molar-refractivity contribution in [2.45, 2.75) is 25.6 Å². The first kappa shape index (κ1) is 23.4. The monoisotopic (exact) mass is 418 g/mol. The Morgan fingerprint density at radius 2 is 1.86 bits per heavy atom. The molecule has 0 atom stereocenters. The Hall–Kier alpha value is -2.61. The molecule has 3 N–H and O–H groups in total. The average molecular weight is 419 g/mol. The van der Waals surface area contributed by atoms with Gasteiger partial charge in [0.2, 0.25) is 5.91 Å². The number of carbonyl (C=O) groups excluding carboxylic acids is 1. The van der Waals surface area contributed by atoms with E-state index in [-0.39, 0.29) is 42.8 Å². The molecule has 0 spiro atoms. The summed E-state index contributed by atoms with van der Waals surface area (Å²) in [6.45, 7) is -1.18. The van der Waals surface area contributed by atoms with Crippen LogP contribution in [0.25, 0.3) is 0 Å². The van der Waals surface area contributed by atoms with Crippen LogP contribution in [-0.2, 0) is 17.8 Å². The highest BCUT2D eigenvalue weighted by molar-refractivity contribution is 5.85. The van der Waals surface area contributed by atoms with Crippen molar-refractivity contribution in [1.29, 1.82) is 0 Å². The maximum Gasteiger partial charge on any atom is 0.422 e. The number of nitrogens with one attached hydrogen (secondary N) is 1. The number of amides is 1. The van der Waals surface area contributed by atoms with Gasteiger partial charge < -0.3 is 20.5 Å². The molecule has 0 aromatic heterocycles. The Bertz CT molecular complexity index is 785. The molecule has 0 saturated heterocycles. The van der Waals surface area contributed by atoms with Crippen LogP contribution in [-0.4, -0.2) is 25.8 Å². The predicted molar refractivity (Wildman–Crippen MR) is 103 cm³/mol. The largest absolute Gasteiger partial charge is 0.493 e. The van der Waals surface area contributed by atoms with Crippen LogP contribution >= 0.6 is 12.4 Å². The number of ether oxygens (including phenoxy) is 2. The van der Waals surface area contributed by atoms with Crippen molar-refractivity contribution in [2.24, 2.45) is 0 Å². The first-order valence-electron chi connectivity index (χ1n) is 8.25. The predicted octanol–water partition coefficient (Wildman–Crippen LogP) is 3.89. The molecule has 0 saturated carbocycles. The van der Waals surface area contributed by atoms with E-state index in [1.165, 1.54) is 19.2 Å². The molecule has 28 heavy (non-hydrogen) atoms. The summed E-state index contributed by atoms with van der Waals surface area (Å²) in [5.41, 5.74) is 8.07. The zero-order chi connectivity index (χ0) is 19.9. The van der Waals surface area contributed by atoms with Crippen molar-refractivity contribution in [3.05, 3.63) is 53.6 Å². The second-order valence-electron chi connectivity index (χ2n) is 5.86. The molecule has 0 aliphatic heterocycles. The number of rotatable bonds is 8. The average Bonchev–Trinajstić information content (AvgIpc) is 2.63. The zero-order valence-corrected chi connectivity index (χ0v) is 16.0. The molecule has 0 aliphatic rings. The molecule has 0 heterocycles. The lowest BCUT2D eigenvalue weighted by Gasteiger charge is -2.14. The molecule has 5 nitrogen and oxygen atoms in total. The molecule has 2 aromatic carbocycles. The highest BCUT2D eigenvalue weighted by atomic mass is 35.5. The van der Waals surface area contributed by atoms with E-state index in [2.05, 4.69) is 5.32 Å². The highest BCUT2D eigenvalue weighted by Crippen LogP contribution is 2.29. The second kappa shape index (κ2) is 10.7. The van der Waals surface area contributed by atoms with E-state index in [0.717, 1.165) is 5.56 Å². The lowest BCUT2D eigenvalue weighted by atomic mass is 10.1. The third kappa shape index (κ3) is 7.56. The first-order valence-corrected chi connectivity index (χ1v) is 8.25. The Morgan fingerprint density at radius 1 is 1.14 bits per heavy atom. The van der Waals surface area contributed by atoms with E-state index in [0.29, 0.717) is 17.7 Å². The maximum atomic E-state index is 12.3. The van der Waals surface area contributed by atoms with Crippen LogP contribution in [0.1, 0.15) is 17.5 Å². The van der Waals surface area contributed by atoms with E-state index in [1.807, 2.05) is 18.2 Å².